The minimum Gasteiger partial charge on any atom is -0.379 e. The minimum absolute atomic E-state index is 0.0547. The molecule has 4 heteroatoms. The number of carbonyl (C=O) groups excluding carboxylic acids is 1. The van der Waals surface area contributed by atoms with Crippen molar-refractivity contribution in [2.24, 2.45) is 5.41 Å². The standard InChI is InChI=1S/C19H28N2O2/c1-15(2)21-13-19(11-18(21)22)12-20(9-10-23-14-19)16(3)17-7-5-4-6-8-17/h4-8,15-16H,9-14H2,1-3H3/t16-,19+/m1/s1. The molecule has 1 aromatic rings. The van der Waals surface area contributed by atoms with Gasteiger partial charge in [-0.15, -0.1) is 0 Å². The van der Waals surface area contributed by atoms with Crippen LogP contribution in [0.5, 0.6) is 0 Å². The van der Waals surface area contributed by atoms with Crippen LogP contribution < -0.4 is 0 Å². The van der Waals surface area contributed by atoms with Crippen LogP contribution in [0.2, 0.25) is 0 Å². The molecule has 4 nitrogen and oxygen atoms in total. The molecule has 126 valence electrons. The highest BCUT2D eigenvalue weighted by atomic mass is 16.5. The summed E-state index contributed by atoms with van der Waals surface area (Å²) in [6, 6.07) is 11.2. The number of ether oxygens (including phenoxy) is 1. The van der Waals surface area contributed by atoms with E-state index < -0.39 is 0 Å². The van der Waals surface area contributed by atoms with Crippen LogP contribution in [0.15, 0.2) is 30.3 Å². The summed E-state index contributed by atoms with van der Waals surface area (Å²) in [4.78, 5) is 16.9. The number of carbonyl (C=O) groups is 1. The zero-order valence-corrected chi connectivity index (χ0v) is 14.5. The van der Waals surface area contributed by atoms with Crippen LogP contribution in [-0.4, -0.2) is 54.6 Å². The Kier molecular flexibility index (Phi) is 4.74. The van der Waals surface area contributed by atoms with Crippen LogP contribution >= 0.6 is 0 Å². The summed E-state index contributed by atoms with van der Waals surface area (Å²) in [7, 11) is 0. The third-order valence-electron chi connectivity index (χ3n) is 5.27. The van der Waals surface area contributed by atoms with Gasteiger partial charge in [-0.25, -0.2) is 0 Å². The first kappa shape index (κ1) is 16.5. The fourth-order valence-electron chi connectivity index (χ4n) is 3.90. The highest BCUT2D eigenvalue weighted by Crippen LogP contribution is 2.37. The lowest BCUT2D eigenvalue weighted by molar-refractivity contribution is -0.129. The van der Waals surface area contributed by atoms with Gasteiger partial charge in [-0.2, -0.15) is 0 Å². The molecule has 1 amide bonds. The van der Waals surface area contributed by atoms with Crippen molar-refractivity contribution in [3.63, 3.8) is 0 Å². The van der Waals surface area contributed by atoms with Gasteiger partial charge in [-0.3, -0.25) is 9.69 Å². The summed E-state index contributed by atoms with van der Waals surface area (Å²) >= 11 is 0. The largest absolute Gasteiger partial charge is 0.379 e. The lowest BCUT2D eigenvalue weighted by atomic mass is 9.86. The molecule has 3 rings (SSSR count). The predicted octanol–water partition coefficient (Wildman–Crippen LogP) is 2.71. The first-order valence-corrected chi connectivity index (χ1v) is 8.67. The van der Waals surface area contributed by atoms with Crippen molar-refractivity contribution in [2.45, 2.75) is 39.3 Å². The van der Waals surface area contributed by atoms with Crippen molar-refractivity contribution in [1.82, 2.24) is 9.80 Å². The van der Waals surface area contributed by atoms with E-state index in [1.54, 1.807) is 0 Å². The van der Waals surface area contributed by atoms with E-state index in [2.05, 4.69) is 56.0 Å². The molecular formula is C19H28N2O2. The molecule has 0 saturated carbocycles. The van der Waals surface area contributed by atoms with Gasteiger partial charge in [-0.05, 0) is 26.3 Å². The van der Waals surface area contributed by atoms with Crippen LogP contribution in [0.1, 0.15) is 38.8 Å². The molecular weight excluding hydrogens is 288 g/mol. The van der Waals surface area contributed by atoms with Crippen LogP contribution in [0, 0.1) is 5.41 Å². The monoisotopic (exact) mass is 316 g/mol. The lowest BCUT2D eigenvalue weighted by Gasteiger charge is -2.35. The van der Waals surface area contributed by atoms with Crippen molar-refractivity contribution in [3.05, 3.63) is 35.9 Å². The first-order chi connectivity index (χ1) is 11.0. The molecule has 2 aliphatic rings. The molecule has 2 saturated heterocycles. The molecule has 0 bridgehead atoms. The molecule has 0 N–H and O–H groups in total. The molecule has 23 heavy (non-hydrogen) atoms. The Morgan fingerprint density at radius 3 is 2.52 bits per heavy atom. The normalized spacial score (nSPS) is 27.7. The Morgan fingerprint density at radius 1 is 1.13 bits per heavy atom. The smallest absolute Gasteiger partial charge is 0.223 e. The maximum absolute atomic E-state index is 12.4. The van der Waals surface area contributed by atoms with Gasteiger partial charge in [0, 0.05) is 43.6 Å². The molecule has 0 unspecified atom stereocenters. The quantitative estimate of drug-likeness (QED) is 0.859. The van der Waals surface area contributed by atoms with Crippen LogP contribution in [0.25, 0.3) is 0 Å². The van der Waals surface area contributed by atoms with Gasteiger partial charge in [0.1, 0.15) is 0 Å². The number of amides is 1. The van der Waals surface area contributed by atoms with Gasteiger partial charge in [0.05, 0.1) is 13.2 Å². The third kappa shape index (κ3) is 3.43. The van der Waals surface area contributed by atoms with Crippen LogP contribution in [0.4, 0.5) is 0 Å². The van der Waals surface area contributed by atoms with Gasteiger partial charge in [-0.1, -0.05) is 30.3 Å². The lowest BCUT2D eigenvalue weighted by Crippen LogP contribution is -2.42. The molecule has 1 aromatic carbocycles. The van der Waals surface area contributed by atoms with Crippen molar-refractivity contribution >= 4 is 5.91 Å². The Bertz CT molecular complexity index is 546. The maximum Gasteiger partial charge on any atom is 0.223 e. The summed E-state index contributed by atoms with van der Waals surface area (Å²) in [5.41, 5.74) is 1.27. The van der Waals surface area contributed by atoms with Crippen LogP contribution in [0.3, 0.4) is 0 Å². The van der Waals surface area contributed by atoms with E-state index >= 15 is 0 Å². The van der Waals surface area contributed by atoms with E-state index in [1.165, 1.54) is 5.56 Å². The van der Waals surface area contributed by atoms with Gasteiger partial charge < -0.3 is 9.64 Å². The second kappa shape index (κ2) is 6.62. The predicted molar refractivity (Wildman–Crippen MR) is 91.1 cm³/mol. The van der Waals surface area contributed by atoms with E-state index in [4.69, 9.17) is 4.74 Å². The molecule has 0 aliphatic carbocycles. The summed E-state index contributed by atoms with van der Waals surface area (Å²) in [6.07, 6.45) is 0.614. The molecule has 1 spiro atoms. The van der Waals surface area contributed by atoms with Gasteiger partial charge in [0.15, 0.2) is 0 Å². The third-order valence-corrected chi connectivity index (χ3v) is 5.27. The molecule has 2 fully saturated rings. The minimum atomic E-state index is -0.0547. The summed E-state index contributed by atoms with van der Waals surface area (Å²) in [5.74, 6) is 0.276. The van der Waals surface area contributed by atoms with E-state index in [-0.39, 0.29) is 17.4 Å². The SMILES string of the molecule is CC(C)N1C[C@]2(COCCN([C@H](C)c3ccccc3)C2)CC1=O. The first-order valence-electron chi connectivity index (χ1n) is 8.67. The van der Waals surface area contributed by atoms with Gasteiger partial charge in [0.25, 0.3) is 0 Å². The van der Waals surface area contributed by atoms with Gasteiger partial charge in [0.2, 0.25) is 5.91 Å². The number of likely N-dealkylation sites (tertiary alicyclic amines) is 1. The topological polar surface area (TPSA) is 32.8 Å². The fourth-order valence-corrected chi connectivity index (χ4v) is 3.90. The van der Waals surface area contributed by atoms with Crippen LogP contribution in [-0.2, 0) is 9.53 Å². The average Bonchev–Trinajstić information content (AvgIpc) is 2.73. The van der Waals surface area contributed by atoms with Crippen molar-refractivity contribution in [2.75, 3.05) is 32.8 Å². The van der Waals surface area contributed by atoms with E-state index in [0.717, 1.165) is 26.2 Å². The number of hydrogen-bond donors (Lipinski definition) is 0. The fraction of sp³-hybridized carbons (Fsp3) is 0.632. The number of hydrogen-bond acceptors (Lipinski definition) is 3. The Hall–Kier alpha value is -1.39. The highest BCUT2D eigenvalue weighted by Gasteiger charge is 2.46. The Balaban J connectivity index is 1.78. The van der Waals surface area contributed by atoms with E-state index in [9.17, 15) is 4.79 Å². The number of nitrogens with zero attached hydrogens (tertiary/aromatic N) is 2. The zero-order valence-electron chi connectivity index (χ0n) is 14.5. The molecule has 2 heterocycles. The maximum atomic E-state index is 12.4. The number of benzene rings is 1. The van der Waals surface area contributed by atoms with E-state index in [1.807, 2.05) is 4.90 Å². The van der Waals surface area contributed by atoms with Gasteiger partial charge >= 0.3 is 0 Å². The molecule has 0 aromatic heterocycles. The molecule has 2 atom stereocenters. The van der Waals surface area contributed by atoms with E-state index in [0.29, 0.717) is 19.1 Å². The second-order valence-electron chi connectivity index (χ2n) is 7.40. The molecule has 2 aliphatic heterocycles. The molecule has 0 radical (unpaired) electrons. The van der Waals surface area contributed by atoms with Crippen molar-refractivity contribution in [1.29, 1.82) is 0 Å². The number of rotatable bonds is 3. The Morgan fingerprint density at radius 2 is 1.87 bits per heavy atom. The van der Waals surface area contributed by atoms with Crippen molar-refractivity contribution in [3.8, 4) is 0 Å². The Labute approximate surface area is 139 Å². The zero-order chi connectivity index (χ0) is 16.4. The highest BCUT2D eigenvalue weighted by molar-refractivity contribution is 5.79. The van der Waals surface area contributed by atoms with Crippen molar-refractivity contribution < 1.29 is 9.53 Å². The second-order valence-corrected chi connectivity index (χ2v) is 7.40. The average molecular weight is 316 g/mol. The summed E-state index contributed by atoms with van der Waals surface area (Å²) in [5, 5.41) is 0. The summed E-state index contributed by atoms with van der Waals surface area (Å²) in [6.45, 7) is 10.6. The summed E-state index contributed by atoms with van der Waals surface area (Å²) < 4.78 is 5.90.